The Hall–Kier alpha value is -3.67. The summed E-state index contributed by atoms with van der Waals surface area (Å²) in [5.74, 6) is 0. The van der Waals surface area contributed by atoms with E-state index in [0.717, 1.165) is 6.42 Å². The Balaban J connectivity index is 0.000000175. The standard InChI is InChI=1S/C26H21.C13H10.Zr/c1-18-12-13-22-20(16-18)17-24-23(22)14-15-26(2,21-10-4-3-5-11-21)25(24)19-8-6-7-9-19;1-3-7-12(8-4-1)11-13-9-5-2-6-10-13;/h3-8,10-16H,9H2,1-2H3;1-10H;/q-1;;. The van der Waals surface area contributed by atoms with Crippen molar-refractivity contribution in [3.05, 3.63) is 189 Å². The van der Waals surface area contributed by atoms with Crippen molar-refractivity contribution < 1.29 is 24.2 Å². The van der Waals surface area contributed by atoms with E-state index >= 15 is 0 Å². The van der Waals surface area contributed by atoms with Crippen LogP contribution in [0.15, 0.2) is 156 Å². The van der Waals surface area contributed by atoms with Gasteiger partial charge in [-0.15, -0.1) is 33.7 Å². The van der Waals surface area contributed by atoms with Crippen LogP contribution in [0.3, 0.4) is 0 Å². The van der Waals surface area contributed by atoms with Crippen LogP contribution in [0.2, 0.25) is 0 Å². The number of hydrogen-bond acceptors (Lipinski definition) is 0. The third-order valence-electron chi connectivity index (χ3n) is 7.94. The second-order valence-corrected chi connectivity index (χ2v) is 11.9. The van der Waals surface area contributed by atoms with E-state index in [1.165, 1.54) is 82.4 Å². The summed E-state index contributed by atoms with van der Waals surface area (Å²) < 4.78 is 1.42. The van der Waals surface area contributed by atoms with Crippen molar-refractivity contribution in [2.75, 3.05) is 0 Å². The van der Waals surface area contributed by atoms with Gasteiger partial charge in [-0.2, -0.15) is 0 Å². The molecule has 0 spiro atoms. The summed E-state index contributed by atoms with van der Waals surface area (Å²) in [5.41, 5.74) is 10.5. The molecule has 0 nitrogen and oxygen atoms in total. The first-order valence-corrected chi connectivity index (χ1v) is 15.1. The van der Waals surface area contributed by atoms with Crippen molar-refractivity contribution in [2.45, 2.75) is 25.7 Å². The summed E-state index contributed by atoms with van der Waals surface area (Å²) in [5, 5.41) is 2.53. The van der Waals surface area contributed by atoms with E-state index in [1.807, 2.05) is 0 Å². The van der Waals surface area contributed by atoms with Gasteiger partial charge < -0.3 is 0 Å². The Kier molecular flexibility index (Phi) is 7.59. The van der Waals surface area contributed by atoms with Gasteiger partial charge in [-0.25, -0.2) is 0 Å². The van der Waals surface area contributed by atoms with Crippen LogP contribution in [0.5, 0.6) is 0 Å². The molecule has 40 heavy (non-hydrogen) atoms. The van der Waals surface area contributed by atoms with Crippen molar-refractivity contribution in [3.63, 3.8) is 0 Å². The van der Waals surface area contributed by atoms with E-state index in [4.69, 9.17) is 0 Å². The van der Waals surface area contributed by atoms with Gasteiger partial charge in [0.05, 0.1) is 0 Å². The molecule has 192 valence electrons. The maximum atomic E-state index is 3.75. The Labute approximate surface area is 252 Å². The van der Waals surface area contributed by atoms with Crippen LogP contribution in [0, 0.1) is 6.92 Å². The van der Waals surface area contributed by atoms with E-state index < -0.39 is 0 Å². The molecule has 4 aromatic rings. The molecule has 0 saturated carbocycles. The van der Waals surface area contributed by atoms with Crippen molar-refractivity contribution in [3.8, 4) is 0 Å². The zero-order valence-electron chi connectivity index (χ0n) is 23.0. The molecule has 0 radical (unpaired) electrons. The van der Waals surface area contributed by atoms with Crippen molar-refractivity contribution in [1.82, 2.24) is 0 Å². The summed E-state index contributed by atoms with van der Waals surface area (Å²) in [6, 6.07) is 38.6. The molecular formula is C39H31Zr-. The zero-order chi connectivity index (χ0) is 27.5. The van der Waals surface area contributed by atoms with Gasteiger partial charge in [0.15, 0.2) is 0 Å². The van der Waals surface area contributed by atoms with Crippen LogP contribution < -0.4 is 10.4 Å². The van der Waals surface area contributed by atoms with Crippen molar-refractivity contribution in [2.24, 2.45) is 0 Å². The Morgan fingerprint density at radius 2 is 1.43 bits per heavy atom. The van der Waals surface area contributed by atoms with Gasteiger partial charge >= 0.3 is 99.2 Å². The molecular weight excluding hydrogens is 560 g/mol. The second-order valence-electron chi connectivity index (χ2n) is 10.7. The van der Waals surface area contributed by atoms with Gasteiger partial charge in [-0.05, 0) is 18.9 Å². The molecule has 1 atom stereocenters. The number of benzene rings is 4. The van der Waals surface area contributed by atoms with Crippen LogP contribution in [-0.2, 0) is 29.7 Å². The number of allylic oxidation sites excluding steroid dienone is 8. The first-order valence-electron chi connectivity index (χ1n) is 13.8. The molecule has 7 rings (SSSR count). The molecule has 4 aromatic carbocycles. The van der Waals surface area contributed by atoms with Gasteiger partial charge in [0.25, 0.3) is 0 Å². The molecule has 0 fully saturated rings. The molecule has 0 aliphatic heterocycles. The Bertz CT molecular complexity index is 1780. The summed E-state index contributed by atoms with van der Waals surface area (Å²) in [4.78, 5) is 0. The second kappa shape index (κ2) is 11.4. The fourth-order valence-corrected chi connectivity index (χ4v) is 6.64. The van der Waals surface area contributed by atoms with Crippen molar-refractivity contribution in [1.29, 1.82) is 0 Å². The van der Waals surface area contributed by atoms with E-state index in [9.17, 15) is 0 Å². The fourth-order valence-electron chi connectivity index (χ4n) is 5.82. The van der Waals surface area contributed by atoms with Crippen LogP contribution >= 0.6 is 0 Å². The maximum absolute atomic E-state index is 3.75. The molecule has 1 unspecified atom stereocenters. The molecule has 0 heterocycles. The van der Waals surface area contributed by atoms with Crippen LogP contribution in [0.4, 0.5) is 0 Å². The van der Waals surface area contributed by atoms with E-state index in [0.29, 0.717) is 0 Å². The molecule has 3 aliphatic rings. The Morgan fingerprint density at radius 3 is 2.02 bits per heavy atom. The molecule has 0 aromatic heterocycles. The van der Waals surface area contributed by atoms with Gasteiger partial charge in [-0.3, -0.25) is 0 Å². The minimum absolute atomic E-state index is 0.137. The summed E-state index contributed by atoms with van der Waals surface area (Å²) in [6.07, 6.45) is 16.1. The Morgan fingerprint density at radius 1 is 0.800 bits per heavy atom. The van der Waals surface area contributed by atoms with E-state index in [2.05, 4.69) is 159 Å². The summed E-state index contributed by atoms with van der Waals surface area (Å²) in [7, 11) is 0. The van der Waals surface area contributed by atoms with Gasteiger partial charge in [0.2, 0.25) is 0 Å². The van der Waals surface area contributed by atoms with Gasteiger partial charge in [-0.1, -0.05) is 96.5 Å². The summed E-state index contributed by atoms with van der Waals surface area (Å²) in [6.45, 7) is 4.49. The predicted octanol–water partition coefficient (Wildman–Crippen LogP) is 7.33. The normalized spacial score (nSPS) is 18.3. The van der Waals surface area contributed by atoms with Crippen LogP contribution in [0.25, 0.3) is 11.6 Å². The molecule has 0 saturated heterocycles. The number of fused-ring (bicyclic) bond motifs is 2. The first-order chi connectivity index (χ1) is 19.5. The summed E-state index contributed by atoms with van der Waals surface area (Å²) >= 11 is 1.46. The van der Waals surface area contributed by atoms with E-state index in [-0.39, 0.29) is 5.41 Å². The topological polar surface area (TPSA) is 0 Å². The molecule has 0 N–H and O–H groups in total. The zero-order valence-corrected chi connectivity index (χ0v) is 25.4. The fraction of sp³-hybridized carbons (Fsp3) is 0.103. The SMILES string of the molecule is Cc1ccc2c(c1)=[C-]C1=C(C3=CC=CC3)C(C)(c3ccccc3)C=CC=21.[Zr]=[C](c1ccccc1)c1ccccc1. The molecule has 0 amide bonds. The van der Waals surface area contributed by atoms with E-state index in [1.54, 1.807) is 0 Å². The average Bonchev–Trinajstić information content (AvgIpc) is 3.66. The number of rotatable bonds is 4. The quantitative estimate of drug-likeness (QED) is 0.218. The third-order valence-corrected chi connectivity index (χ3v) is 9.36. The number of hydrogen-bond donors (Lipinski definition) is 0. The molecule has 1 heteroatoms. The predicted molar refractivity (Wildman–Crippen MR) is 165 cm³/mol. The first kappa shape index (κ1) is 26.6. The minimum atomic E-state index is -0.137. The number of aryl methyl sites for hydroxylation is 1. The van der Waals surface area contributed by atoms with Gasteiger partial charge in [0, 0.05) is 5.41 Å². The van der Waals surface area contributed by atoms with Gasteiger partial charge in [0.1, 0.15) is 0 Å². The monoisotopic (exact) mass is 589 g/mol. The molecule has 3 aliphatic carbocycles. The van der Waals surface area contributed by atoms with Crippen molar-refractivity contribution >= 4 is 14.9 Å². The van der Waals surface area contributed by atoms with Crippen LogP contribution in [0.1, 0.15) is 35.6 Å². The third kappa shape index (κ3) is 5.12. The molecule has 0 bridgehead atoms. The average molecular weight is 591 g/mol. The van der Waals surface area contributed by atoms with Crippen LogP contribution in [-0.4, -0.2) is 3.21 Å².